The first-order chi connectivity index (χ1) is 24.0. The summed E-state index contributed by atoms with van der Waals surface area (Å²) in [6.07, 6.45) is 3.70. The standard InChI is InChI=1S/C34H42N10O5S/c1-20(45)41-28(16-23-17-38-19-40-23)33(49)44-27(14-21-8-3-2-4-9-21)32(48)42-25(11-7-13-39-34(36)37)31(47)43-26(30(35)46)15-22-18-50-29-12-6-5-10-24(22)29/h2-6,8-10,12,17-19,25-28H,7,11,13-16H2,1H3,(H2,35,46)(H,38,40)(H,41,45)(H,42,48)(H,43,47)(H,44,49)(H4,36,37,39)/t25-,26-,27+,28-/m0/s1. The molecule has 4 aromatic rings. The molecule has 16 heteroatoms. The molecule has 0 aliphatic heterocycles. The number of nitrogens with zero attached hydrogens (tertiary/aromatic N) is 2. The van der Waals surface area contributed by atoms with Crippen LogP contribution in [0.5, 0.6) is 0 Å². The van der Waals surface area contributed by atoms with Crippen LogP contribution in [0.15, 0.2) is 77.5 Å². The number of carbonyl (C=O) groups excluding carboxylic acids is 5. The molecular weight excluding hydrogens is 661 g/mol. The van der Waals surface area contributed by atoms with E-state index in [1.807, 2.05) is 35.7 Å². The summed E-state index contributed by atoms with van der Waals surface area (Å²) in [6.45, 7) is 1.46. The number of H-pyrrole nitrogens is 1. The number of thiophene rings is 1. The Hall–Kier alpha value is -5.77. The minimum absolute atomic E-state index is 0.0761. The van der Waals surface area contributed by atoms with Gasteiger partial charge in [-0.15, -0.1) is 11.3 Å². The van der Waals surface area contributed by atoms with E-state index < -0.39 is 53.7 Å². The first kappa shape index (κ1) is 37.1. The molecule has 0 spiro atoms. The summed E-state index contributed by atoms with van der Waals surface area (Å²) in [5.41, 5.74) is 18.8. The Morgan fingerprint density at radius 3 is 2.10 bits per heavy atom. The van der Waals surface area contributed by atoms with Crippen LogP contribution in [0.1, 0.15) is 36.6 Å². The second-order valence-electron chi connectivity index (χ2n) is 11.7. The molecule has 0 radical (unpaired) electrons. The van der Waals surface area contributed by atoms with Gasteiger partial charge in [0, 0.05) is 49.3 Å². The second-order valence-corrected chi connectivity index (χ2v) is 12.6. The number of primary amides is 1. The van der Waals surface area contributed by atoms with Crippen LogP contribution in [-0.4, -0.2) is 76.2 Å². The summed E-state index contributed by atoms with van der Waals surface area (Å²) in [5, 5.41) is 13.7. The monoisotopic (exact) mass is 702 g/mol. The van der Waals surface area contributed by atoms with Crippen molar-refractivity contribution >= 4 is 56.9 Å². The number of hydrogen-bond donors (Lipinski definition) is 8. The van der Waals surface area contributed by atoms with Gasteiger partial charge < -0.3 is 43.5 Å². The number of nitrogens with one attached hydrogen (secondary N) is 5. The lowest BCUT2D eigenvalue weighted by molar-refractivity contribution is -0.134. The zero-order valence-corrected chi connectivity index (χ0v) is 28.4. The lowest BCUT2D eigenvalue weighted by Gasteiger charge is -2.26. The number of rotatable bonds is 18. The van der Waals surface area contributed by atoms with Crippen molar-refractivity contribution in [2.45, 2.75) is 63.2 Å². The number of aromatic amines is 1. The SMILES string of the molecule is CC(=O)N[C@@H](Cc1cnc[nH]1)C(=O)N[C@H](Cc1ccccc1)C(=O)N[C@@H](CCCN=C(N)N)C(=O)N[C@@H](Cc1csc2ccccc12)C(N)=O. The van der Waals surface area contributed by atoms with Gasteiger partial charge in [0.15, 0.2) is 5.96 Å². The van der Waals surface area contributed by atoms with E-state index in [4.69, 9.17) is 17.2 Å². The summed E-state index contributed by atoms with van der Waals surface area (Å²) in [6, 6.07) is 12.3. The zero-order chi connectivity index (χ0) is 36.0. The summed E-state index contributed by atoms with van der Waals surface area (Å²) >= 11 is 1.51. The van der Waals surface area contributed by atoms with Crippen LogP contribution in [0.3, 0.4) is 0 Å². The smallest absolute Gasteiger partial charge is 0.243 e. The van der Waals surface area contributed by atoms with Gasteiger partial charge in [0.1, 0.15) is 24.2 Å². The number of carbonyl (C=O) groups is 5. The second kappa shape index (κ2) is 18.1. The van der Waals surface area contributed by atoms with Crippen LogP contribution < -0.4 is 38.5 Å². The van der Waals surface area contributed by atoms with Crippen LogP contribution in [0, 0.1) is 0 Å². The van der Waals surface area contributed by atoms with Crippen molar-refractivity contribution in [1.82, 2.24) is 31.2 Å². The predicted molar refractivity (Wildman–Crippen MR) is 190 cm³/mol. The fourth-order valence-corrected chi connectivity index (χ4v) is 6.33. The van der Waals surface area contributed by atoms with E-state index in [0.29, 0.717) is 12.1 Å². The van der Waals surface area contributed by atoms with Gasteiger partial charge in [-0.1, -0.05) is 48.5 Å². The highest BCUT2D eigenvalue weighted by molar-refractivity contribution is 7.17. The lowest BCUT2D eigenvalue weighted by Crippen LogP contribution is -2.59. The third-order valence-electron chi connectivity index (χ3n) is 7.81. The third kappa shape index (κ3) is 11.2. The van der Waals surface area contributed by atoms with Crippen molar-refractivity contribution in [3.8, 4) is 0 Å². The molecular formula is C34H42N10O5S. The van der Waals surface area contributed by atoms with Gasteiger partial charge in [-0.25, -0.2) is 4.98 Å². The van der Waals surface area contributed by atoms with Gasteiger partial charge in [-0.3, -0.25) is 29.0 Å². The number of fused-ring (bicyclic) bond motifs is 1. The number of amides is 5. The molecule has 2 heterocycles. The normalized spacial score (nSPS) is 13.3. The maximum Gasteiger partial charge on any atom is 0.243 e. The quantitative estimate of drug-likeness (QED) is 0.0402. The van der Waals surface area contributed by atoms with E-state index in [2.05, 4.69) is 36.2 Å². The minimum atomic E-state index is -1.15. The number of imidazole rings is 1. The molecule has 11 N–H and O–H groups in total. The van der Waals surface area contributed by atoms with E-state index in [9.17, 15) is 24.0 Å². The van der Waals surface area contributed by atoms with Crippen LogP contribution in [0.25, 0.3) is 10.1 Å². The molecule has 5 amide bonds. The highest BCUT2D eigenvalue weighted by Gasteiger charge is 2.31. The molecule has 0 saturated carbocycles. The Balaban J connectivity index is 1.55. The molecule has 15 nitrogen and oxygen atoms in total. The van der Waals surface area contributed by atoms with Crippen LogP contribution >= 0.6 is 11.3 Å². The number of nitrogens with two attached hydrogens (primary N) is 3. The third-order valence-corrected chi connectivity index (χ3v) is 8.82. The molecule has 0 aliphatic carbocycles. The molecule has 264 valence electrons. The van der Waals surface area contributed by atoms with Gasteiger partial charge in [0.25, 0.3) is 0 Å². The highest BCUT2D eigenvalue weighted by Crippen LogP contribution is 2.26. The van der Waals surface area contributed by atoms with Crippen molar-refractivity contribution in [2.75, 3.05) is 6.54 Å². The topological polar surface area (TPSA) is 253 Å². The van der Waals surface area contributed by atoms with Crippen LogP contribution in [0.4, 0.5) is 0 Å². The van der Waals surface area contributed by atoms with Gasteiger partial charge in [0.05, 0.1) is 6.33 Å². The van der Waals surface area contributed by atoms with Crippen molar-refractivity contribution in [2.24, 2.45) is 22.2 Å². The summed E-state index contributed by atoms with van der Waals surface area (Å²) in [7, 11) is 0. The fraction of sp³-hybridized carbons (Fsp3) is 0.324. The first-order valence-electron chi connectivity index (χ1n) is 16.0. The summed E-state index contributed by atoms with van der Waals surface area (Å²) in [4.78, 5) is 76.7. The Kier molecular flexibility index (Phi) is 13.4. The molecule has 2 aromatic carbocycles. The van der Waals surface area contributed by atoms with Crippen molar-refractivity contribution < 1.29 is 24.0 Å². The molecule has 0 unspecified atom stereocenters. The zero-order valence-electron chi connectivity index (χ0n) is 27.6. The maximum absolute atomic E-state index is 14.0. The maximum atomic E-state index is 14.0. The molecule has 2 aromatic heterocycles. The van der Waals surface area contributed by atoms with Crippen molar-refractivity contribution in [1.29, 1.82) is 0 Å². The summed E-state index contributed by atoms with van der Waals surface area (Å²) in [5.74, 6) is -3.23. The largest absolute Gasteiger partial charge is 0.370 e. The summed E-state index contributed by atoms with van der Waals surface area (Å²) < 4.78 is 1.03. The number of hydrogen-bond acceptors (Lipinski definition) is 8. The first-order valence-corrected chi connectivity index (χ1v) is 16.9. The predicted octanol–water partition coefficient (Wildman–Crippen LogP) is 0.150. The van der Waals surface area contributed by atoms with Gasteiger partial charge >= 0.3 is 0 Å². The van der Waals surface area contributed by atoms with Crippen molar-refractivity contribution in [3.63, 3.8) is 0 Å². The lowest BCUT2D eigenvalue weighted by atomic mass is 10.0. The molecule has 50 heavy (non-hydrogen) atoms. The average Bonchev–Trinajstić information content (AvgIpc) is 3.75. The van der Waals surface area contributed by atoms with Crippen LogP contribution in [-0.2, 0) is 43.2 Å². The average molecular weight is 703 g/mol. The Morgan fingerprint density at radius 2 is 1.44 bits per heavy atom. The molecule has 4 atom stereocenters. The molecule has 0 aliphatic rings. The molecule has 0 saturated heterocycles. The number of aromatic nitrogens is 2. The van der Waals surface area contributed by atoms with E-state index in [-0.39, 0.29) is 38.2 Å². The Bertz CT molecular complexity index is 1790. The van der Waals surface area contributed by atoms with Gasteiger partial charge in [0.2, 0.25) is 29.5 Å². The van der Waals surface area contributed by atoms with Gasteiger partial charge in [-0.05, 0) is 40.8 Å². The molecule has 0 fully saturated rings. The van der Waals surface area contributed by atoms with E-state index >= 15 is 0 Å². The molecule has 4 rings (SSSR count). The minimum Gasteiger partial charge on any atom is -0.370 e. The number of guanidine groups is 1. The number of benzene rings is 2. The van der Waals surface area contributed by atoms with E-state index in [0.717, 1.165) is 21.2 Å². The Labute approximate surface area is 292 Å². The fourth-order valence-electron chi connectivity index (χ4n) is 5.35. The number of aliphatic imine (C=N–C) groups is 1. The van der Waals surface area contributed by atoms with Crippen molar-refractivity contribution in [3.05, 3.63) is 89.3 Å². The Morgan fingerprint density at radius 1 is 0.800 bits per heavy atom. The van der Waals surface area contributed by atoms with E-state index in [1.165, 1.54) is 30.8 Å². The molecule has 0 bridgehead atoms. The van der Waals surface area contributed by atoms with Gasteiger partial charge in [-0.2, -0.15) is 0 Å². The highest BCUT2D eigenvalue weighted by atomic mass is 32.1. The van der Waals surface area contributed by atoms with E-state index in [1.54, 1.807) is 24.3 Å². The van der Waals surface area contributed by atoms with Crippen LogP contribution in [0.2, 0.25) is 0 Å².